The average Bonchev–Trinajstić information content (AvgIpc) is 2.64. The molecule has 0 bridgehead atoms. The fraction of sp³-hybridized carbons (Fsp3) is 0.600. The van der Waals surface area contributed by atoms with Crippen molar-refractivity contribution < 1.29 is 0 Å². The number of halogens is 1. The van der Waals surface area contributed by atoms with Crippen LogP contribution in [0.25, 0.3) is 0 Å². The molecule has 0 radical (unpaired) electrons. The summed E-state index contributed by atoms with van der Waals surface area (Å²) < 4.78 is 0.890. The number of hydrogen-bond donors (Lipinski definition) is 1. The van der Waals surface area contributed by atoms with Gasteiger partial charge in [0.1, 0.15) is 0 Å². The summed E-state index contributed by atoms with van der Waals surface area (Å²) in [5.41, 5.74) is 6.01. The molecule has 0 aromatic carbocycles. The minimum atomic E-state index is 0.417. The van der Waals surface area contributed by atoms with E-state index in [1.54, 1.807) is 11.3 Å². The third-order valence-electron chi connectivity index (χ3n) is 2.81. The third kappa shape index (κ3) is 2.25. The second-order valence-electron chi connectivity index (χ2n) is 3.76. The lowest BCUT2D eigenvalue weighted by Crippen LogP contribution is -2.25. The van der Waals surface area contributed by atoms with Crippen LogP contribution >= 0.6 is 22.9 Å². The van der Waals surface area contributed by atoms with Crippen LogP contribution in [0.3, 0.4) is 0 Å². The summed E-state index contributed by atoms with van der Waals surface area (Å²) in [7, 11) is 0. The molecule has 1 saturated carbocycles. The molecule has 1 aromatic rings. The molecule has 1 fully saturated rings. The summed E-state index contributed by atoms with van der Waals surface area (Å²) >= 11 is 7.56. The number of nitrogens with two attached hydrogens (primary N) is 1. The summed E-state index contributed by atoms with van der Waals surface area (Å²) in [5.74, 6) is 0.690. The van der Waals surface area contributed by atoms with Crippen LogP contribution in [0.15, 0.2) is 12.1 Å². The fourth-order valence-corrected chi connectivity index (χ4v) is 3.22. The highest BCUT2D eigenvalue weighted by molar-refractivity contribution is 7.16. The van der Waals surface area contributed by atoms with Crippen molar-refractivity contribution in [3.05, 3.63) is 21.3 Å². The van der Waals surface area contributed by atoms with Gasteiger partial charge in [-0.2, -0.15) is 0 Å². The number of thiophene rings is 1. The first-order chi connectivity index (χ1) is 6.25. The third-order valence-corrected chi connectivity index (χ3v) is 4.06. The maximum Gasteiger partial charge on any atom is 0.0931 e. The van der Waals surface area contributed by atoms with E-state index in [0.29, 0.717) is 12.0 Å². The van der Waals surface area contributed by atoms with Gasteiger partial charge in [-0.25, -0.2) is 0 Å². The summed E-state index contributed by atoms with van der Waals surface area (Å²) in [6, 6.07) is 4.51. The molecule has 0 spiro atoms. The van der Waals surface area contributed by atoms with Crippen molar-refractivity contribution in [1.82, 2.24) is 0 Å². The Morgan fingerprint density at radius 1 is 1.46 bits per heavy atom. The van der Waals surface area contributed by atoms with Crippen molar-refractivity contribution in [3.8, 4) is 0 Å². The normalized spacial score (nSPS) is 28.2. The van der Waals surface area contributed by atoms with Gasteiger partial charge in [0.15, 0.2) is 0 Å². The molecule has 1 heterocycles. The first-order valence-corrected chi connectivity index (χ1v) is 5.95. The zero-order valence-corrected chi connectivity index (χ0v) is 9.07. The molecular weight excluding hydrogens is 202 g/mol. The monoisotopic (exact) mass is 215 g/mol. The molecule has 0 saturated heterocycles. The fourth-order valence-electron chi connectivity index (χ4n) is 2.04. The minimum absolute atomic E-state index is 0.417. The van der Waals surface area contributed by atoms with Gasteiger partial charge in [-0.15, -0.1) is 11.3 Å². The summed E-state index contributed by atoms with van der Waals surface area (Å²) in [6.45, 7) is 0. The Bertz CT molecular complexity index is 284. The van der Waals surface area contributed by atoms with Crippen LogP contribution in [-0.2, 0) is 6.42 Å². The Hall–Kier alpha value is -0.0500. The average molecular weight is 216 g/mol. The maximum atomic E-state index is 6.01. The SMILES string of the molecule is NC1CCCC1Cc1ccc(Cl)s1. The topological polar surface area (TPSA) is 26.0 Å². The molecule has 2 N–H and O–H groups in total. The van der Waals surface area contributed by atoms with E-state index < -0.39 is 0 Å². The van der Waals surface area contributed by atoms with E-state index in [9.17, 15) is 0 Å². The predicted molar refractivity (Wildman–Crippen MR) is 58.3 cm³/mol. The maximum absolute atomic E-state index is 6.01. The second kappa shape index (κ2) is 3.99. The smallest absolute Gasteiger partial charge is 0.0931 e. The van der Waals surface area contributed by atoms with E-state index in [1.807, 2.05) is 6.07 Å². The van der Waals surface area contributed by atoms with Gasteiger partial charge in [0.2, 0.25) is 0 Å². The second-order valence-corrected chi connectivity index (χ2v) is 5.56. The van der Waals surface area contributed by atoms with Gasteiger partial charge in [0.25, 0.3) is 0 Å². The van der Waals surface area contributed by atoms with Gasteiger partial charge in [-0.1, -0.05) is 18.0 Å². The highest BCUT2D eigenvalue weighted by Gasteiger charge is 2.24. The minimum Gasteiger partial charge on any atom is -0.327 e. The first kappa shape index (κ1) is 9.50. The quantitative estimate of drug-likeness (QED) is 0.807. The standard InChI is InChI=1S/C10H14ClNS/c11-10-5-4-8(13-10)6-7-2-1-3-9(7)12/h4-5,7,9H,1-3,6,12H2. The van der Waals surface area contributed by atoms with Gasteiger partial charge in [-0.3, -0.25) is 0 Å². The molecule has 2 atom stereocenters. The summed E-state index contributed by atoms with van der Waals surface area (Å²) in [5, 5.41) is 0. The molecule has 1 aliphatic carbocycles. The van der Waals surface area contributed by atoms with E-state index in [4.69, 9.17) is 17.3 Å². The molecule has 1 nitrogen and oxygen atoms in total. The molecule has 1 aliphatic rings. The van der Waals surface area contributed by atoms with Gasteiger partial charge in [-0.05, 0) is 37.3 Å². The van der Waals surface area contributed by atoms with E-state index >= 15 is 0 Å². The Labute approximate surface area is 87.9 Å². The van der Waals surface area contributed by atoms with Crippen LogP contribution in [0.1, 0.15) is 24.1 Å². The first-order valence-electron chi connectivity index (χ1n) is 4.75. The van der Waals surface area contributed by atoms with Crippen LogP contribution < -0.4 is 5.73 Å². The molecule has 0 aliphatic heterocycles. The van der Waals surface area contributed by atoms with Crippen molar-refractivity contribution in [2.75, 3.05) is 0 Å². The van der Waals surface area contributed by atoms with Gasteiger partial charge in [0.05, 0.1) is 4.34 Å². The Kier molecular flexibility index (Phi) is 2.92. The highest BCUT2D eigenvalue weighted by Crippen LogP contribution is 2.30. The summed E-state index contributed by atoms with van der Waals surface area (Å²) in [6.07, 6.45) is 4.91. The van der Waals surface area contributed by atoms with Gasteiger partial charge >= 0.3 is 0 Å². The molecule has 72 valence electrons. The highest BCUT2D eigenvalue weighted by atomic mass is 35.5. The predicted octanol–water partition coefficient (Wildman–Crippen LogP) is 3.07. The van der Waals surface area contributed by atoms with E-state index in [2.05, 4.69) is 6.07 Å². The molecule has 13 heavy (non-hydrogen) atoms. The van der Waals surface area contributed by atoms with Gasteiger partial charge < -0.3 is 5.73 Å². The largest absolute Gasteiger partial charge is 0.327 e. The molecule has 1 aromatic heterocycles. The number of rotatable bonds is 2. The molecular formula is C10H14ClNS. The Balaban J connectivity index is 1.97. The zero-order valence-electron chi connectivity index (χ0n) is 7.50. The lowest BCUT2D eigenvalue weighted by atomic mass is 9.99. The van der Waals surface area contributed by atoms with Crippen LogP contribution in [0.2, 0.25) is 4.34 Å². The Morgan fingerprint density at radius 3 is 2.85 bits per heavy atom. The van der Waals surface area contributed by atoms with Gasteiger partial charge in [0, 0.05) is 10.9 Å². The van der Waals surface area contributed by atoms with Crippen molar-refractivity contribution >= 4 is 22.9 Å². The van der Waals surface area contributed by atoms with Crippen LogP contribution in [-0.4, -0.2) is 6.04 Å². The van der Waals surface area contributed by atoms with Crippen molar-refractivity contribution in [2.45, 2.75) is 31.7 Å². The van der Waals surface area contributed by atoms with E-state index in [1.165, 1.54) is 24.1 Å². The lowest BCUT2D eigenvalue weighted by Gasteiger charge is -2.13. The van der Waals surface area contributed by atoms with Crippen molar-refractivity contribution in [1.29, 1.82) is 0 Å². The molecule has 3 heteroatoms. The summed E-state index contributed by atoms with van der Waals surface area (Å²) in [4.78, 5) is 1.38. The van der Waals surface area contributed by atoms with Crippen LogP contribution in [0.5, 0.6) is 0 Å². The lowest BCUT2D eigenvalue weighted by molar-refractivity contribution is 0.482. The zero-order chi connectivity index (χ0) is 9.26. The van der Waals surface area contributed by atoms with Crippen molar-refractivity contribution in [3.63, 3.8) is 0 Å². The molecule has 2 unspecified atom stereocenters. The van der Waals surface area contributed by atoms with E-state index in [-0.39, 0.29) is 0 Å². The van der Waals surface area contributed by atoms with Crippen LogP contribution in [0, 0.1) is 5.92 Å². The molecule has 2 rings (SSSR count). The van der Waals surface area contributed by atoms with Crippen molar-refractivity contribution in [2.24, 2.45) is 11.7 Å². The van der Waals surface area contributed by atoms with E-state index in [0.717, 1.165) is 10.8 Å². The Morgan fingerprint density at radius 2 is 2.31 bits per heavy atom. The molecule has 0 amide bonds. The van der Waals surface area contributed by atoms with Crippen LogP contribution in [0.4, 0.5) is 0 Å². The number of hydrogen-bond acceptors (Lipinski definition) is 2.